The first-order valence-corrected chi connectivity index (χ1v) is 9.10. The monoisotopic (exact) mass is 392 g/mol. The molecule has 6 nitrogen and oxygen atoms in total. The number of aromatic nitrogens is 1. The van der Waals surface area contributed by atoms with E-state index in [0.29, 0.717) is 22.0 Å². The second-order valence-corrected chi connectivity index (χ2v) is 6.77. The quantitative estimate of drug-likeness (QED) is 0.745. The molecule has 0 saturated heterocycles. The van der Waals surface area contributed by atoms with Gasteiger partial charge in [0, 0.05) is 29.0 Å². The average molecular weight is 393 g/mol. The number of hydrogen-bond acceptors (Lipinski definition) is 4. The van der Waals surface area contributed by atoms with E-state index in [1.54, 1.807) is 18.2 Å². The molecule has 1 N–H and O–H groups in total. The lowest BCUT2D eigenvalue weighted by molar-refractivity contribution is -0.123. The summed E-state index contributed by atoms with van der Waals surface area (Å²) in [6, 6.07) is 5.11. The minimum Gasteiger partial charge on any atom is -0.495 e. The molecular weight excluding hydrogens is 368 g/mol. The van der Waals surface area contributed by atoms with Crippen molar-refractivity contribution in [3.63, 3.8) is 0 Å². The average Bonchev–Trinajstić information content (AvgIpc) is 2.91. The first-order chi connectivity index (χ1) is 12.7. The Kier molecular flexibility index (Phi) is 6.54. The van der Waals surface area contributed by atoms with Crippen LogP contribution in [0.15, 0.2) is 18.2 Å². The Bertz CT molecular complexity index is 873. The molecular formula is C20H25ClN2O4. The highest BCUT2D eigenvalue weighted by Gasteiger charge is 2.23. The molecule has 0 unspecified atom stereocenters. The number of esters is 1. The summed E-state index contributed by atoms with van der Waals surface area (Å²) in [6.07, 6.45) is -0.970. The van der Waals surface area contributed by atoms with Gasteiger partial charge < -0.3 is 19.4 Å². The van der Waals surface area contributed by atoms with E-state index in [2.05, 4.69) is 5.32 Å². The number of hydrogen-bond donors (Lipinski definition) is 1. The van der Waals surface area contributed by atoms with Gasteiger partial charge in [-0.2, -0.15) is 0 Å². The number of ether oxygens (including phenoxy) is 2. The lowest BCUT2D eigenvalue weighted by Gasteiger charge is -2.16. The number of halogens is 1. The highest BCUT2D eigenvalue weighted by Crippen LogP contribution is 2.31. The Morgan fingerprint density at radius 3 is 2.44 bits per heavy atom. The van der Waals surface area contributed by atoms with Crippen LogP contribution in [-0.2, 0) is 16.1 Å². The zero-order valence-electron chi connectivity index (χ0n) is 16.5. The zero-order valence-corrected chi connectivity index (χ0v) is 17.2. The fourth-order valence-electron chi connectivity index (χ4n) is 2.94. The van der Waals surface area contributed by atoms with Crippen LogP contribution < -0.4 is 10.1 Å². The van der Waals surface area contributed by atoms with E-state index in [-0.39, 0.29) is 0 Å². The summed E-state index contributed by atoms with van der Waals surface area (Å²) in [7, 11) is 1.49. The molecule has 0 aliphatic rings. The van der Waals surface area contributed by atoms with Gasteiger partial charge in [0.1, 0.15) is 5.75 Å². The van der Waals surface area contributed by atoms with Crippen LogP contribution in [0.3, 0.4) is 0 Å². The Hall–Kier alpha value is -2.47. The van der Waals surface area contributed by atoms with Gasteiger partial charge in [0.25, 0.3) is 5.91 Å². The maximum Gasteiger partial charge on any atom is 0.340 e. The van der Waals surface area contributed by atoms with Crippen molar-refractivity contribution in [1.29, 1.82) is 0 Å². The highest BCUT2D eigenvalue weighted by molar-refractivity contribution is 6.31. The summed E-state index contributed by atoms with van der Waals surface area (Å²) in [5.74, 6) is -0.540. The lowest BCUT2D eigenvalue weighted by Crippen LogP contribution is -2.30. The van der Waals surface area contributed by atoms with Crippen LogP contribution in [0.1, 0.15) is 41.2 Å². The van der Waals surface area contributed by atoms with E-state index < -0.39 is 18.0 Å². The standard InChI is InChI=1S/C20H25ClN2O4/c1-7-23-12(3)9-15(13(23)4)20(25)27-14(5)19(24)22-17-8-11(2)16(21)10-18(17)26-6/h8-10,14H,7H2,1-6H3,(H,22,24)/t14-/m0/s1. The first kappa shape index (κ1) is 20.8. The van der Waals surface area contributed by atoms with E-state index >= 15 is 0 Å². The lowest BCUT2D eigenvalue weighted by atomic mass is 10.2. The van der Waals surface area contributed by atoms with Crippen molar-refractivity contribution in [3.05, 3.63) is 45.7 Å². The molecule has 2 aromatic rings. The van der Waals surface area contributed by atoms with E-state index in [4.69, 9.17) is 21.1 Å². The van der Waals surface area contributed by atoms with Crippen LogP contribution in [0.4, 0.5) is 5.69 Å². The largest absolute Gasteiger partial charge is 0.495 e. The topological polar surface area (TPSA) is 69.6 Å². The molecule has 2 rings (SSSR count). The minimum absolute atomic E-state index is 0.434. The van der Waals surface area contributed by atoms with E-state index in [1.807, 2.05) is 32.3 Å². The number of carbonyl (C=O) groups excluding carboxylic acids is 2. The summed E-state index contributed by atoms with van der Waals surface area (Å²) in [5, 5.41) is 3.26. The smallest absolute Gasteiger partial charge is 0.340 e. The number of anilines is 1. The van der Waals surface area contributed by atoms with Gasteiger partial charge in [-0.15, -0.1) is 0 Å². The minimum atomic E-state index is -0.970. The van der Waals surface area contributed by atoms with Crippen LogP contribution in [0, 0.1) is 20.8 Å². The third kappa shape index (κ3) is 4.45. The van der Waals surface area contributed by atoms with Crippen LogP contribution in [0.5, 0.6) is 5.75 Å². The highest BCUT2D eigenvalue weighted by atomic mass is 35.5. The first-order valence-electron chi connectivity index (χ1n) is 8.72. The Morgan fingerprint density at radius 2 is 1.89 bits per heavy atom. The van der Waals surface area contributed by atoms with Crippen LogP contribution in [0.2, 0.25) is 5.02 Å². The molecule has 0 spiro atoms. The van der Waals surface area contributed by atoms with Gasteiger partial charge in [-0.25, -0.2) is 4.79 Å². The normalized spacial score (nSPS) is 11.8. The van der Waals surface area contributed by atoms with Crippen molar-refractivity contribution in [3.8, 4) is 5.75 Å². The predicted octanol–water partition coefficient (Wildman–Crippen LogP) is 4.28. The van der Waals surface area contributed by atoms with Gasteiger partial charge in [-0.1, -0.05) is 11.6 Å². The van der Waals surface area contributed by atoms with Crippen molar-refractivity contribution in [2.75, 3.05) is 12.4 Å². The molecule has 1 heterocycles. The SMILES string of the molecule is CCn1c(C)cc(C(=O)O[C@@H](C)C(=O)Nc2cc(C)c(Cl)cc2OC)c1C. The molecule has 0 bridgehead atoms. The summed E-state index contributed by atoms with van der Waals surface area (Å²) in [6.45, 7) is 9.91. The van der Waals surface area contributed by atoms with Gasteiger partial charge in [0.15, 0.2) is 6.10 Å². The molecule has 27 heavy (non-hydrogen) atoms. The van der Waals surface area contributed by atoms with E-state index in [1.165, 1.54) is 14.0 Å². The molecule has 0 saturated carbocycles. The number of rotatable bonds is 6. The summed E-state index contributed by atoms with van der Waals surface area (Å²) < 4.78 is 12.6. The number of aryl methyl sites for hydroxylation is 2. The number of methoxy groups -OCH3 is 1. The van der Waals surface area contributed by atoms with Crippen LogP contribution >= 0.6 is 11.6 Å². The third-order valence-corrected chi connectivity index (χ3v) is 4.91. The van der Waals surface area contributed by atoms with Crippen LogP contribution in [-0.4, -0.2) is 29.7 Å². The van der Waals surface area contributed by atoms with Crippen molar-refractivity contribution in [2.24, 2.45) is 0 Å². The Labute approximate surface area is 164 Å². The maximum absolute atomic E-state index is 12.5. The predicted molar refractivity (Wildman–Crippen MR) is 106 cm³/mol. The van der Waals surface area contributed by atoms with Gasteiger partial charge >= 0.3 is 5.97 Å². The zero-order chi connectivity index (χ0) is 20.3. The second-order valence-electron chi connectivity index (χ2n) is 6.37. The molecule has 7 heteroatoms. The number of carbonyl (C=O) groups is 2. The molecule has 0 aliphatic heterocycles. The number of nitrogens with one attached hydrogen (secondary N) is 1. The van der Waals surface area contributed by atoms with Crippen molar-refractivity contribution < 1.29 is 19.1 Å². The molecule has 1 aromatic heterocycles. The Morgan fingerprint density at radius 1 is 1.22 bits per heavy atom. The van der Waals surface area contributed by atoms with E-state index in [9.17, 15) is 9.59 Å². The van der Waals surface area contributed by atoms with Crippen molar-refractivity contribution in [2.45, 2.75) is 47.3 Å². The Balaban J connectivity index is 2.12. The summed E-state index contributed by atoms with van der Waals surface area (Å²) in [4.78, 5) is 25.0. The maximum atomic E-state index is 12.5. The number of amides is 1. The number of nitrogens with zero attached hydrogens (tertiary/aromatic N) is 1. The summed E-state index contributed by atoms with van der Waals surface area (Å²) in [5.41, 5.74) is 3.53. The summed E-state index contributed by atoms with van der Waals surface area (Å²) >= 11 is 6.08. The van der Waals surface area contributed by atoms with Gasteiger partial charge in [-0.3, -0.25) is 4.79 Å². The molecule has 1 aromatic carbocycles. The van der Waals surface area contributed by atoms with Crippen molar-refractivity contribution >= 4 is 29.2 Å². The van der Waals surface area contributed by atoms with Crippen LogP contribution in [0.25, 0.3) is 0 Å². The van der Waals surface area contributed by atoms with Gasteiger partial charge in [-0.05, 0) is 52.3 Å². The van der Waals surface area contributed by atoms with Gasteiger partial charge in [0.05, 0.1) is 18.4 Å². The molecule has 146 valence electrons. The molecule has 1 amide bonds. The van der Waals surface area contributed by atoms with E-state index in [0.717, 1.165) is 23.5 Å². The van der Waals surface area contributed by atoms with Gasteiger partial charge in [0.2, 0.25) is 0 Å². The second kappa shape index (κ2) is 8.48. The molecule has 0 radical (unpaired) electrons. The fraction of sp³-hybridized carbons (Fsp3) is 0.400. The molecule has 1 atom stereocenters. The van der Waals surface area contributed by atoms with Crippen molar-refractivity contribution in [1.82, 2.24) is 4.57 Å². The fourth-order valence-corrected chi connectivity index (χ4v) is 3.09. The number of benzene rings is 1. The molecule has 0 aliphatic carbocycles. The molecule has 0 fully saturated rings. The third-order valence-electron chi connectivity index (χ3n) is 4.50.